The molecular formula is C18H27N3O2S. The highest BCUT2D eigenvalue weighted by Gasteiger charge is 2.29. The Kier molecular flexibility index (Phi) is 6.18. The van der Waals surface area contributed by atoms with Crippen molar-refractivity contribution in [2.75, 3.05) is 13.1 Å². The predicted octanol–water partition coefficient (Wildman–Crippen LogP) is 3.94. The van der Waals surface area contributed by atoms with Gasteiger partial charge in [0, 0.05) is 30.9 Å². The maximum atomic E-state index is 13.2. The van der Waals surface area contributed by atoms with Crippen LogP contribution < -0.4 is 0 Å². The van der Waals surface area contributed by atoms with E-state index in [0.717, 1.165) is 18.4 Å². The number of benzene rings is 1. The number of aromatic nitrogens is 2. The molecule has 0 spiro atoms. The molecule has 0 aliphatic rings. The first-order valence-corrected chi connectivity index (χ1v) is 10.0. The van der Waals surface area contributed by atoms with Gasteiger partial charge < -0.3 is 0 Å². The summed E-state index contributed by atoms with van der Waals surface area (Å²) in [6.45, 7) is 9.03. The molecule has 0 amide bonds. The summed E-state index contributed by atoms with van der Waals surface area (Å²) in [7, 11) is -3.57. The molecule has 1 heterocycles. The van der Waals surface area contributed by atoms with Crippen LogP contribution in [0.5, 0.6) is 0 Å². The molecule has 2 aromatic rings. The minimum absolute atomic E-state index is 0.0993. The highest BCUT2D eigenvalue weighted by molar-refractivity contribution is 7.89. The quantitative estimate of drug-likeness (QED) is 0.725. The van der Waals surface area contributed by atoms with E-state index in [2.05, 4.69) is 5.10 Å². The monoisotopic (exact) mass is 349 g/mol. The lowest BCUT2D eigenvalue weighted by molar-refractivity contribution is 0.410. The first kappa shape index (κ1) is 18.7. The Morgan fingerprint density at radius 3 is 2.17 bits per heavy atom. The molecule has 0 fully saturated rings. The first-order valence-electron chi connectivity index (χ1n) is 8.56. The summed E-state index contributed by atoms with van der Waals surface area (Å²) in [6, 6.07) is 9.61. The van der Waals surface area contributed by atoms with Crippen LogP contribution in [0.2, 0.25) is 0 Å². The van der Waals surface area contributed by atoms with Gasteiger partial charge in [-0.15, -0.1) is 0 Å². The van der Waals surface area contributed by atoms with Crippen LogP contribution in [-0.2, 0) is 10.0 Å². The fourth-order valence-corrected chi connectivity index (χ4v) is 4.38. The van der Waals surface area contributed by atoms with Gasteiger partial charge in [0.2, 0.25) is 10.0 Å². The summed E-state index contributed by atoms with van der Waals surface area (Å²) in [5, 5.41) is 4.56. The van der Waals surface area contributed by atoms with Gasteiger partial charge in [0.15, 0.2) is 0 Å². The Bertz CT molecular complexity index is 746. The Labute approximate surface area is 145 Å². The molecule has 0 aliphatic heterocycles. The molecular weight excluding hydrogens is 322 g/mol. The lowest BCUT2D eigenvalue weighted by atomic mass is 10.2. The third-order valence-electron chi connectivity index (χ3n) is 3.84. The zero-order chi connectivity index (χ0) is 17.7. The lowest BCUT2D eigenvalue weighted by Crippen LogP contribution is -2.32. The van der Waals surface area contributed by atoms with Gasteiger partial charge in [-0.25, -0.2) is 8.42 Å². The molecule has 1 aromatic heterocycles. The summed E-state index contributed by atoms with van der Waals surface area (Å²) in [4.78, 5) is 0.296. The first-order chi connectivity index (χ1) is 11.4. The van der Waals surface area contributed by atoms with Crippen molar-refractivity contribution in [2.45, 2.75) is 51.5 Å². The minimum atomic E-state index is -3.57. The topological polar surface area (TPSA) is 55.2 Å². The zero-order valence-electron chi connectivity index (χ0n) is 14.9. The van der Waals surface area contributed by atoms with Crippen LogP contribution in [-0.4, -0.2) is 35.6 Å². The number of hydrogen-bond acceptors (Lipinski definition) is 3. The minimum Gasteiger partial charge on any atom is -0.268 e. The van der Waals surface area contributed by atoms with E-state index < -0.39 is 10.0 Å². The van der Waals surface area contributed by atoms with E-state index in [1.165, 1.54) is 0 Å². The molecule has 0 aliphatic carbocycles. The van der Waals surface area contributed by atoms with Gasteiger partial charge in [0.1, 0.15) is 10.6 Å². The molecule has 1 aromatic carbocycles. The predicted molar refractivity (Wildman–Crippen MR) is 97.4 cm³/mol. The Morgan fingerprint density at radius 2 is 1.67 bits per heavy atom. The van der Waals surface area contributed by atoms with Crippen LogP contribution in [0.25, 0.3) is 11.3 Å². The second kappa shape index (κ2) is 7.94. The van der Waals surface area contributed by atoms with Crippen molar-refractivity contribution in [3.63, 3.8) is 0 Å². The molecule has 0 atom stereocenters. The van der Waals surface area contributed by atoms with Crippen LogP contribution in [0.1, 0.15) is 46.6 Å². The number of hydrogen-bond donors (Lipinski definition) is 0. The van der Waals surface area contributed by atoms with Crippen LogP contribution in [0.4, 0.5) is 0 Å². The van der Waals surface area contributed by atoms with E-state index in [1.807, 2.05) is 58.0 Å². The molecule has 0 saturated carbocycles. The molecule has 0 N–H and O–H groups in total. The van der Waals surface area contributed by atoms with Crippen molar-refractivity contribution in [3.05, 3.63) is 36.5 Å². The van der Waals surface area contributed by atoms with Gasteiger partial charge >= 0.3 is 0 Å². The largest absolute Gasteiger partial charge is 0.268 e. The molecule has 5 nitrogen and oxygen atoms in total. The standard InChI is InChI=1S/C18H27N3O2S/c1-5-12-20(13-6-2)24(22,23)17-14-21(15(3)4)19-18(17)16-10-8-7-9-11-16/h7-11,14-15H,5-6,12-13H2,1-4H3. The van der Waals surface area contributed by atoms with E-state index in [4.69, 9.17) is 0 Å². The highest BCUT2D eigenvalue weighted by atomic mass is 32.2. The molecule has 0 saturated heterocycles. The van der Waals surface area contributed by atoms with E-state index in [-0.39, 0.29) is 6.04 Å². The summed E-state index contributed by atoms with van der Waals surface area (Å²) in [6.07, 6.45) is 3.25. The Morgan fingerprint density at radius 1 is 1.08 bits per heavy atom. The van der Waals surface area contributed by atoms with E-state index in [9.17, 15) is 8.42 Å². The van der Waals surface area contributed by atoms with Gasteiger partial charge in [-0.1, -0.05) is 44.2 Å². The van der Waals surface area contributed by atoms with Crippen molar-refractivity contribution in [1.29, 1.82) is 0 Å². The normalized spacial score (nSPS) is 12.2. The van der Waals surface area contributed by atoms with Gasteiger partial charge in [-0.3, -0.25) is 4.68 Å². The summed E-state index contributed by atoms with van der Waals surface area (Å²) < 4.78 is 29.7. The number of rotatable bonds is 8. The second-order valence-electron chi connectivity index (χ2n) is 6.19. The molecule has 24 heavy (non-hydrogen) atoms. The van der Waals surface area contributed by atoms with E-state index >= 15 is 0 Å². The fraction of sp³-hybridized carbons (Fsp3) is 0.500. The van der Waals surface area contributed by atoms with E-state index in [1.54, 1.807) is 15.2 Å². The average Bonchev–Trinajstić information content (AvgIpc) is 3.02. The fourth-order valence-electron chi connectivity index (χ4n) is 2.61. The van der Waals surface area contributed by atoms with Crippen LogP contribution in [0, 0.1) is 0 Å². The molecule has 2 rings (SSSR count). The van der Waals surface area contributed by atoms with Crippen LogP contribution in [0.3, 0.4) is 0 Å². The lowest BCUT2D eigenvalue weighted by Gasteiger charge is -2.20. The summed E-state index contributed by atoms with van der Waals surface area (Å²) in [5.74, 6) is 0. The van der Waals surface area contributed by atoms with Gasteiger partial charge in [0.25, 0.3) is 0 Å². The Balaban J connectivity index is 2.59. The van der Waals surface area contributed by atoms with Crippen LogP contribution >= 0.6 is 0 Å². The third kappa shape index (κ3) is 3.87. The molecule has 0 bridgehead atoms. The van der Waals surface area contributed by atoms with Crippen molar-refractivity contribution in [3.8, 4) is 11.3 Å². The van der Waals surface area contributed by atoms with Crippen molar-refractivity contribution in [1.82, 2.24) is 14.1 Å². The van der Waals surface area contributed by atoms with Crippen molar-refractivity contribution in [2.24, 2.45) is 0 Å². The van der Waals surface area contributed by atoms with E-state index in [0.29, 0.717) is 23.7 Å². The second-order valence-corrected chi connectivity index (χ2v) is 8.09. The third-order valence-corrected chi connectivity index (χ3v) is 5.74. The smallest absolute Gasteiger partial charge is 0.246 e. The maximum absolute atomic E-state index is 13.2. The molecule has 6 heteroatoms. The summed E-state index contributed by atoms with van der Waals surface area (Å²) in [5.41, 5.74) is 1.35. The number of sulfonamides is 1. The SMILES string of the molecule is CCCN(CCC)S(=O)(=O)c1cn(C(C)C)nc1-c1ccccc1. The van der Waals surface area contributed by atoms with Gasteiger partial charge in [-0.05, 0) is 26.7 Å². The highest BCUT2D eigenvalue weighted by Crippen LogP contribution is 2.29. The molecule has 0 unspecified atom stereocenters. The average molecular weight is 350 g/mol. The van der Waals surface area contributed by atoms with Gasteiger partial charge in [0.05, 0.1) is 0 Å². The zero-order valence-corrected chi connectivity index (χ0v) is 15.8. The molecule has 132 valence electrons. The van der Waals surface area contributed by atoms with Crippen LogP contribution in [0.15, 0.2) is 41.4 Å². The van der Waals surface area contributed by atoms with Crippen molar-refractivity contribution >= 4 is 10.0 Å². The Hall–Kier alpha value is -1.66. The van der Waals surface area contributed by atoms with Crippen molar-refractivity contribution < 1.29 is 8.42 Å². The summed E-state index contributed by atoms with van der Waals surface area (Å²) >= 11 is 0. The molecule has 0 radical (unpaired) electrons. The van der Waals surface area contributed by atoms with Gasteiger partial charge in [-0.2, -0.15) is 9.40 Å². The number of nitrogens with zero attached hydrogens (tertiary/aromatic N) is 3. The maximum Gasteiger partial charge on any atom is 0.246 e.